The fourth-order valence-electron chi connectivity index (χ4n) is 2.48. The third-order valence-corrected chi connectivity index (χ3v) is 4.37. The van der Waals surface area contributed by atoms with Crippen LogP contribution >= 0.6 is 15.9 Å². The monoisotopic (exact) mass is 361 g/mol. The molecule has 2 N–H and O–H groups in total. The molecule has 0 heterocycles. The molecule has 0 aliphatic rings. The molecule has 1 amide bonds. The number of carbonyl (C=O) groups is 1. The topological polar surface area (TPSA) is 36.9 Å². The maximum Gasteiger partial charge on any atom is 0.284 e. The van der Waals surface area contributed by atoms with Gasteiger partial charge >= 0.3 is 0 Å². The molecule has 0 fully saturated rings. The van der Waals surface area contributed by atoms with Crippen molar-refractivity contribution < 1.29 is 10.1 Å². The van der Waals surface area contributed by atoms with Gasteiger partial charge < -0.3 is 10.2 Å². The number of nitrogens with zero attached hydrogens (tertiary/aromatic N) is 1. The van der Waals surface area contributed by atoms with Crippen LogP contribution in [0.15, 0.2) is 59.1 Å². The van der Waals surface area contributed by atoms with Gasteiger partial charge in [-0.2, -0.15) is 0 Å². The van der Waals surface area contributed by atoms with Gasteiger partial charge in [0.2, 0.25) is 0 Å². The van der Waals surface area contributed by atoms with Crippen LogP contribution in [0.3, 0.4) is 0 Å². The van der Waals surface area contributed by atoms with E-state index in [1.54, 1.807) is 4.90 Å². The molecule has 0 aliphatic heterocycles. The maximum absolute atomic E-state index is 12.6. The summed E-state index contributed by atoms with van der Waals surface area (Å²) in [6, 6.07) is 18.1. The molecule has 0 radical (unpaired) electrons. The largest absolute Gasteiger partial charge is 0.330 e. The molecule has 116 valence electrons. The number of nitrogens with two attached hydrogens (primary N) is 1. The quantitative estimate of drug-likeness (QED) is 0.872. The van der Waals surface area contributed by atoms with E-state index in [1.165, 1.54) is 5.56 Å². The molecule has 0 unspecified atom stereocenters. The lowest BCUT2D eigenvalue weighted by Gasteiger charge is -2.22. The molecule has 0 saturated heterocycles. The van der Waals surface area contributed by atoms with Crippen LogP contribution in [0.25, 0.3) is 0 Å². The van der Waals surface area contributed by atoms with Gasteiger partial charge in [0.25, 0.3) is 5.91 Å². The van der Waals surface area contributed by atoms with Crippen molar-refractivity contribution in [3.63, 3.8) is 0 Å². The highest BCUT2D eigenvalue weighted by Gasteiger charge is 2.24. The first-order valence-corrected chi connectivity index (χ1v) is 8.21. The van der Waals surface area contributed by atoms with Gasteiger partial charge in [0.15, 0.2) is 6.04 Å². The summed E-state index contributed by atoms with van der Waals surface area (Å²) >= 11 is 3.44. The highest BCUT2D eigenvalue weighted by Crippen LogP contribution is 2.15. The van der Waals surface area contributed by atoms with Crippen molar-refractivity contribution in [2.24, 2.45) is 0 Å². The predicted octanol–water partition coefficient (Wildman–Crippen LogP) is 3.13. The van der Waals surface area contributed by atoms with Crippen LogP contribution in [0.4, 0.5) is 5.69 Å². The second-order valence-electron chi connectivity index (χ2n) is 5.55. The lowest BCUT2D eigenvalue weighted by molar-refractivity contribution is -0.710. The molecule has 0 spiro atoms. The minimum absolute atomic E-state index is 0.107. The molecule has 3 nitrogen and oxygen atoms in total. The SMILES string of the molecule is C[C@H]([NH2+][C@H](C)C(=O)N(C)c1ccccc1)c1ccc(Br)cc1. The Hall–Kier alpha value is -1.65. The number of benzene rings is 2. The zero-order chi connectivity index (χ0) is 16.1. The first kappa shape index (κ1) is 16.7. The summed E-state index contributed by atoms with van der Waals surface area (Å²) in [7, 11) is 1.83. The summed E-state index contributed by atoms with van der Waals surface area (Å²) < 4.78 is 1.07. The fraction of sp³-hybridized carbons (Fsp3) is 0.278. The van der Waals surface area contributed by atoms with E-state index in [-0.39, 0.29) is 18.0 Å². The van der Waals surface area contributed by atoms with Gasteiger partial charge in [-0.1, -0.05) is 46.3 Å². The fourth-order valence-corrected chi connectivity index (χ4v) is 2.74. The van der Waals surface area contributed by atoms with Crippen LogP contribution < -0.4 is 10.2 Å². The van der Waals surface area contributed by atoms with Crippen molar-refractivity contribution in [2.75, 3.05) is 11.9 Å². The molecule has 2 atom stereocenters. The summed E-state index contributed by atoms with van der Waals surface area (Å²) in [5, 5.41) is 2.10. The number of para-hydroxylation sites is 1. The van der Waals surface area contributed by atoms with Crippen LogP contribution in [0.1, 0.15) is 25.5 Å². The van der Waals surface area contributed by atoms with Crippen LogP contribution in [0.5, 0.6) is 0 Å². The predicted molar refractivity (Wildman–Crippen MR) is 93.8 cm³/mol. The molecule has 0 aromatic heterocycles. The highest BCUT2D eigenvalue weighted by molar-refractivity contribution is 9.10. The van der Waals surface area contributed by atoms with Gasteiger partial charge in [0.05, 0.1) is 0 Å². The molecule has 0 aliphatic carbocycles. The van der Waals surface area contributed by atoms with Crippen molar-refractivity contribution in [3.8, 4) is 0 Å². The molecule has 0 bridgehead atoms. The number of likely N-dealkylation sites (N-methyl/N-ethyl adjacent to an activating group) is 1. The molecule has 0 saturated carbocycles. The van der Waals surface area contributed by atoms with E-state index in [1.807, 2.05) is 56.4 Å². The van der Waals surface area contributed by atoms with E-state index in [2.05, 4.69) is 40.3 Å². The summed E-state index contributed by atoms with van der Waals surface area (Å²) in [6.07, 6.45) is 0. The van der Waals surface area contributed by atoms with Gasteiger partial charge in [0, 0.05) is 22.8 Å². The second kappa shape index (κ2) is 7.56. The first-order valence-electron chi connectivity index (χ1n) is 7.42. The lowest BCUT2D eigenvalue weighted by atomic mass is 10.1. The van der Waals surface area contributed by atoms with E-state index in [0.717, 1.165) is 10.2 Å². The number of rotatable bonds is 5. The Morgan fingerprint density at radius 2 is 1.64 bits per heavy atom. The van der Waals surface area contributed by atoms with Crippen molar-refractivity contribution in [2.45, 2.75) is 25.9 Å². The Balaban J connectivity index is 2.00. The summed E-state index contributed by atoms with van der Waals surface area (Å²) in [4.78, 5) is 14.3. The number of amides is 1. The van der Waals surface area contributed by atoms with Crippen molar-refractivity contribution in [3.05, 3.63) is 64.6 Å². The number of halogens is 1. The van der Waals surface area contributed by atoms with Gasteiger partial charge in [-0.15, -0.1) is 0 Å². The van der Waals surface area contributed by atoms with E-state index < -0.39 is 0 Å². The van der Waals surface area contributed by atoms with Crippen LogP contribution in [0, 0.1) is 0 Å². The van der Waals surface area contributed by atoms with Crippen molar-refractivity contribution >= 4 is 27.5 Å². The minimum atomic E-state index is -0.135. The second-order valence-corrected chi connectivity index (χ2v) is 6.47. The van der Waals surface area contributed by atoms with Gasteiger partial charge in [-0.25, -0.2) is 0 Å². The molecule has 2 rings (SSSR count). The third-order valence-electron chi connectivity index (χ3n) is 3.84. The zero-order valence-electron chi connectivity index (χ0n) is 13.2. The van der Waals surface area contributed by atoms with Crippen molar-refractivity contribution in [1.29, 1.82) is 0 Å². The highest BCUT2D eigenvalue weighted by atomic mass is 79.9. The minimum Gasteiger partial charge on any atom is -0.330 e. The number of quaternary nitrogens is 1. The number of carbonyl (C=O) groups excluding carboxylic acids is 1. The van der Waals surface area contributed by atoms with Gasteiger partial charge in [-0.05, 0) is 38.1 Å². The smallest absolute Gasteiger partial charge is 0.284 e. The summed E-state index contributed by atoms with van der Waals surface area (Å²) in [5.74, 6) is 0.107. The Bertz CT molecular complexity index is 613. The first-order chi connectivity index (χ1) is 10.5. The molecule has 4 heteroatoms. The van der Waals surface area contributed by atoms with E-state index >= 15 is 0 Å². The van der Waals surface area contributed by atoms with Gasteiger partial charge in [0.1, 0.15) is 6.04 Å². The number of anilines is 1. The molecule has 2 aromatic carbocycles. The zero-order valence-corrected chi connectivity index (χ0v) is 14.7. The van der Waals surface area contributed by atoms with E-state index in [0.29, 0.717) is 0 Å². The molecule has 2 aromatic rings. The van der Waals surface area contributed by atoms with Crippen LogP contribution in [-0.2, 0) is 4.79 Å². The maximum atomic E-state index is 12.6. The van der Waals surface area contributed by atoms with E-state index in [4.69, 9.17) is 0 Å². The summed E-state index contributed by atoms with van der Waals surface area (Å²) in [6.45, 7) is 4.08. The molecular weight excluding hydrogens is 340 g/mol. The van der Waals surface area contributed by atoms with Crippen LogP contribution in [-0.4, -0.2) is 19.0 Å². The third kappa shape index (κ3) is 4.18. The Morgan fingerprint density at radius 1 is 1.05 bits per heavy atom. The Kier molecular flexibility index (Phi) is 5.75. The summed E-state index contributed by atoms with van der Waals surface area (Å²) in [5.41, 5.74) is 2.13. The standard InChI is InChI=1S/C18H21BrN2O/c1-13(15-9-11-16(19)12-10-15)20-14(2)18(22)21(3)17-7-5-4-6-8-17/h4-14,20H,1-3H3/p+1/t13-,14+/m0/s1. The average molecular weight is 362 g/mol. The Labute approximate surface area is 140 Å². The Morgan fingerprint density at radius 3 is 2.23 bits per heavy atom. The normalized spacial score (nSPS) is 13.5. The van der Waals surface area contributed by atoms with Crippen molar-refractivity contribution in [1.82, 2.24) is 0 Å². The van der Waals surface area contributed by atoms with Gasteiger partial charge in [-0.3, -0.25) is 4.79 Å². The molecule has 22 heavy (non-hydrogen) atoms. The average Bonchev–Trinajstić information content (AvgIpc) is 2.54. The van der Waals surface area contributed by atoms with E-state index in [9.17, 15) is 4.79 Å². The molecular formula is C18H22BrN2O+. The number of hydrogen-bond acceptors (Lipinski definition) is 1. The number of hydrogen-bond donors (Lipinski definition) is 1. The lowest BCUT2D eigenvalue weighted by Crippen LogP contribution is -2.92. The van der Waals surface area contributed by atoms with Crippen LogP contribution in [0.2, 0.25) is 0 Å².